The highest BCUT2D eigenvalue weighted by atomic mass is 79.9. The molecule has 0 aliphatic rings. The molecule has 0 bridgehead atoms. The van der Waals surface area contributed by atoms with Crippen molar-refractivity contribution in [2.24, 2.45) is 0 Å². The maximum absolute atomic E-state index is 5.11. The molecule has 0 saturated heterocycles. The standard InChI is InChI=1S/C44H30BrN3S/c1-3-11-38-37-16-9-10-17-40(37)49-41(38)28(2)29-18-20-32(21-19-29)43-46-42(31-12-5-4-6-13-31)47-44(48-43)39-27-26-34(30-22-24-33(45)25-23-30)35-14-7-8-15-36(35)39/h3-27H,1H2,2H3/b38-11-,41-28-. The number of nitrogens with zero attached hydrogens (tertiary/aromatic N) is 3. The number of thiophene rings is 1. The smallest absolute Gasteiger partial charge is 0.164 e. The summed E-state index contributed by atoms with van der Waals surface area (Å²) in [6.07, 6.45) is 3.98. The predicted molar refractivity (Wildman–Crippen MR) is 211 cm³/mol. The van der Waals surface area contributed by atoms with Gasteiger partial charge in [0.05, 0.1) is 0 Å². The summed E-state index contributed by atoms with van der Waals surface area (Å²) in [4.78, 5) is 15.2. The molecule has 0 spiro atoms. The number of hydrogen-bond acceptors (Lipinski definition) is 4. The molecular formula is C44H30BrN3S. The van der Waals surface area contributed by atoms with Crippen molar-refractivity contribution in [3.05, 3.63) is 172 Å². The third-order valence-electron chi connectivity index (χ3n) is 8.82. The van der Waals surface area contributed by atoms with E-state index in [1.807, 2.05) is 47.7 Å². The molecule has 2 aromatic heterocycles. The monoisotopic (exact) mass is 711 g/mol. The molecule has 234 valence electrons. The van der Waals surface area contributed by atoms with Crippen LogP contribution >= 0.6 is 27.3 Å². The van der Waals surface area contributed by atoms with E-state index in [0.717, 1.165) is 43.1 Å². The van der Waals surface area contributed by atoms with E-state index in [-0.39, 0.29) is 0 Å². The number of rotatable bonds is 6. The first kappa shape index (κ1) is 30.8. The molecule has 0 fully saturated rings. The summed E-state index contributed by atoms with van der Waals surface area (Å²) in [5.74, 6) is 1.92. The van der Waals surface area contributed by atoms with Gasteiger partial charge in [0.1, 0.15) is 0 Å². The fraction of sp³-hybridized carbons (Fsp3) is 0.0227. The lowest BCUT2D eigenvalue weighted by atomic mass is 9.94. The van der Waals surface area contributed by atoms with Crippen LogP contribution < -0.4 is 9.75 Å². The summed E-state index contributed by atoms with van der Waals surface area (Å²) in [6, 6.07) is 48.5. The molecular weight excluding hydrogens is 682 g/mol. The van der Waals surface area contributed by atoms with Crippen LogP contribution in [0.4, 0.5) is 0 Å². The molecule has 0 saturated carbocycles. The van der Waals surface area contributed by atoms with Crippen molar-refractivity contribution >= 4 is 59.8 Å². The minimum Gasteiger partial charge on any atom is -0.208 e. The molecule has 5 heteroatoms. The van der Waals surface area contributed by atoms with E-state index in [2.05, 4.69) is 145 Å². The van der Waals surface area contributed by atoms with Crippen LogP contribution in [0.2, 0.25) is 0 Å². The van der Waals surface area contributed by atoms with Crippen molar-refractivity contribution in [1.29, 1.82) is 0 Å². The van der Waals surface area contributed by atoms with Gasteiger partial charge in [0, 0.05) is 41.0 Å². The second kappa shape index (κ2) is 13.2. The molecule has 0 aliphatic heterocycles. The van der Waals surface area contributed by atoms with E-state index in [9.17, 15) is 0 Å². The van der Waals surface area contributed by atoms with Gasteiger partial charge < -0.3 is 0 Å². The van der Waals surface area contributed by atoms with Crippen molar-refractivity contribution in [2.45, 2.75) is 6.92 Å². The Balaban J connectivity index is 1.27. The van der Waals surface area contributed by atoms with E-state index >= 15 is 0 Å². The maximum atomic E-state index is 5.11. The van der Waals surface area contributed by atoms with Crippen molar-refractivity contribution in [1.82, 2.24) is 15.0 Å². The zero-order valence-corrected chi connectivity index (χ0v) is 29.2. The number of aromatic nitrogens is 3. The summed E-state index contributed by atoms with van der Waals surface area (Å²) in [5, 5.41) is 4.71. The summed E-state index contributed by atoms with van der Waals surface area (Å²) < 4.78 is 3.58. The second-order valence-electron chi connectivity index (χ2n) is 11.8. The molecule has 8 rings (SSSR count). The van der Waals surface area contributed by atoms with Gasteiger partial charge in [0.2, 0.25) is 0 Å². The van der Waals surface area contributed by atoms with Gasteiger partial charge in [-0.3, -0.25) is 0 Å². The van der Waals surface area contributed by atoms with Crippen LogP contribution in [0.15, 0.2) is 157 Å². The fourth-order valence-corrected chi connectivity index (χ4v) is 7.82. The van der Waals surface area contributed by atoms with Crippen LogP contribution in [-0.2, 0) is 0 Å². The minimum absolute atomic E-state index is 0.636. The first-order valence-corrected chi connectivity index (χ1v) is 17.7. The van der Waals surface area contributed by atoms with Gasteiger partial charge in [-0.25, -0.2) is 15.0 Å². The minimum atomic E-state index is 0.636. The van der Waals surface area contributed by atoms with E-state index in [1.54, 1.807) is 0 Å². The normalized spacial score (nSPS) is 12.4. The highest BCUT2D eigenvalue weighted by Crippen LogP contribution is 2.36. The Labute approximate surface area is 297 Å². The number of hydrogen-bond donors (Lipinski definition) is 0. The molecule has 0 unspecified atom stereocenters. The van der Waals surface area contributed by atoms with Gasteiger partial charge in [-0.15, -0.1) is 11.3 Å². The molecule has 2 heterocycles. The third-order valence-corrected chi connectivity index (χ3v) is 10.7. The van der Waals surface area contributed by atoms with Crippen LogP contribution in [0.3, 0.4) is 0 Å². The lowest BCUT2D eigenvalue weighted by Crippen LogP contribution is -2.20. The predicted octanol–water partition coefficient (Wildman–Crippen LogP) is 10.9. The Kier molecular flexibility index (Phi) is 8.30. The molecule has 0 radical (unpaired) electrons. The first-order valence-electron chi connectivity index (χ1n) is 16.1. The van der Waals surface area contributed by atoms with Gasteiger partial charge in [0.25, 0.3) is 0 Å². The summed E-state index contributed by atoms with van der Waals surface area (Å²) in [6.45, 7) is 6.17. The summed E-state index contributed by atoms with van der Waals surface area (Å²) >= 11 is 5.39. The van der Waals surface area contributed by atoms with Gasteiger partial charge in [0.15, 0.2) is 17.5 Å². The average Bonchev–Trinajstić information content (AvgIpc) is 3.53. The lowest BCUT2D eigenvalue weighted by molar-refractivity contribution is 1.08. The highest BCUT2D eigenvalue weighted by molar-refractivity contribution is 9.10. The van der Waals surface area contributed by atoms with Gasteiger partial charge in [-0.05, 0) is 64.2 Å². The molecule has 6 aromatic carbocycles. The van der Waals surface area contributed by atoms with Gasteiger partial charge >= 0.3 is 0 Å². The molecule has 3 nitrogen and oxygen atoms in total. The fourth-order valence-electron chi connectivity index (χ4n) is 6.34. The average molecular weight is 713 g/mol. The zero-order valence-electron chi connectivity index (χ0n) is 26.8. The largest absolute Gasteiger partial charge is 0.208 e. The molecule has 49 heavy (non-hydrogen) atoms. The Morgan fingerprint density at radius 2 is 1.12 bits per heavy atom. The van der Waals surface area contributed by atoms with Crippen molar-refractivity contribution < 1.29 is 0 Å². The van der Waals surface area contributed by atoms with E-state index in [4.69, 9.17) is 15.0 Å². The quantitative estimate of drug-likeness (QED) is 0.172. The Morgan fingerprint density at radius 3 is 1.82 bits per heavy atom. The number of benzene rings is 6. The topological polar surface area (TPSA) is 38.7 Å². The first-order chi connectivity index (χ1) is 24.1. The van der Waals surface area contributed by atoms with E-state index in [0.29, 0.717) is 17.5 Å². The highest BCUT2D eigenvalue weighted by Gasteiger charge is 2.16. The van der Waals surface area contributed by atoms with E-state index in [1.165, 1.54) is 31.0 Å². The lowest BCUT2D eigenvalue weighted by Gasteiger charge is -2.13. The number of fused-ring (bicyclic) bond motifs is 2. The van der Waals surface area contributed by atoms with Gasteiger partial charge in [-0.1, -0.05) is 150 Å². The summed E-state index contributed by atoms with van der Waals surface area (Å²) in [7, 11) is 0. The van der Waals surface area contributed by atoms with Crippen LogP contribution in [-0.4, -0.2) is 15.0 Å². The Hall–Kier alpha value is -5.49. The summed E-state index contributed by atoms with van der Waals surface area (Å²) in [5.41, 5.74) is 7.54. The molecule has 0 aliphatic carbocycles. The van der Waals surface area contributed by atoms with Crippen molar-refractivity contribution in [2.75, 3.05) is 0 Å². The van der Waals surface area contributed by atoms with Crippen LogP contribution in [0.25, 0.3) is 77.8 Å². The second-order valence-corrected chi connectivity index (χ2v) is 13.8. The van der Waals surface area contributed by atoms with Crippen molar-refractivity contribution in [3.63, 3.8) is 0 Å². The zero-order chi connectivity index (χ0) is 33.3. The van der Waals surface area contributed by atoms with Crippen molar-refractivity contribution in [3.8, 4) is 45.3 Å². The number of halogens is 1. The Morgan fingerprint density at radius 1 is 0.571 bits per heavy atom. The van der Waals surface area contributed by atoms with Gasteiger partial charge in [-0.2, -0.15) is 0 Å². The molecule has 0 atom stereocenters. The van der Waals surface area contributed by atoms with E-state index < -0.39 is 0 Å². The van der Waals surface area contributed by atoms with Crippen LogP contribution in [0, 0.1) is 0 Å². The van der Waals surface area contributed by atoms with Crippen LogP contribution in [0.1, 0.15) is 12.5 Å². The molecule has 8 aromatic rings. The molecule has 0 N–H and O–H groups in total. The number of allylic oxidation sites excluding steroid dienone is 1. The maximum Gasteiger partial charge on any atom is 0.164 e. The SMILES string of the molecule is C=C/C=c1\c(=C(/C)c2ccc(-c3nc(-c4ccccc4)nc(-c4ccc(-c5ccc(Br)cc5)c5ccccc45)n3)cc2)sc2ccccc12. The van der Waals surface area contributed by atoms with Crippen LogP contribution in [0.5, 0.6) is 0 Å². The third kappa shape index (κ3) is 5.92. The Bertz CT molecular complexity index is 2620. The molecule has 0 amide bonds.